The summed E-state index contributed by atoms with van der Waals surface area (Å²) in [5, 5.41) is 0. The minimum absolute atomic E-state index is 0.197. The van der Waals surface area contributed by atoms with Crippen molar-refractivity contribution < 1.29 is 13.6 Å². The average molecular weight is 283 g/mol. The zero-order valence-electron chi connectivity index (χ0n) is 11.3. The van der Waals surface area contributed by atoms with Crippen LogP contribution in [0.25, 0.3) is 0 Å². The van der Waals surface area contributed by atoms with Crippen LogP contribution in [0, 0.1) is 11.6 Å². The molecule has 0 radical (unpaired) electrons. The number of carbonyl (C=O) groups is 1. The van der Waals surface area contributed by atoms with Gasteiger partial charge in [0, 0.05) is 32.7 Å². The van der Waals surface area contributed by atoms with E-state index < -0.39 is 17.5 Å². The van der Waals surface area contributed by atoms with Gasteiger partial charge in [-0.1, -0.05) is 6.07 Å². The monoisotopic (exact) mass is 283 g/mol. The van der Waals surface area contributed by atoms with Gasteiger partial charge in [0.15, 0.2) is 11.6 Å². The first kappa shape index (κ1) is 14.9. The first-order chi connectivity index (χ1) is 9.63. The Morgan fingerprint density at radius 3 is 2.75 bits per heavy atom. The van der Waals surface area contributed by atoms with E-state index in [1.807, 2.05) is 0 Å². The molecule has 1 saturated heterocycles. The van der Waals surface area contributed by atoms with Gasteiger partial charge in [-0.2, -0.15) is 0 Å². The first-order valence-electron chi connectivity index (χ1n) is 6.79. The van der Waals surface area contributed by atoms with Crippen LogP contribution < -0.4 is 5.73 Å². The molecular weight excluding hydrogens is 264 g/mol. The molecular formula is C14H19F2N3O. The van der Waals surface area contributed by atoms with Crippen molar-refractivity contribution in [2.45, 2.75) is 6.42 Å². The average Bonchev–Trinajstić information content (AvgIpc) is 2.67. The van der Waals surface area contributed by atoms with Crippen molar-refractivity contribution in [3.63, 3.8) is 0 Å². The summed E-state index contributed by atoms with van der Waals surface area (Å²) in [7, 11) is 0. The van der Waals surface area contributed by atoms with E-state index in [-0.39, 0.29) is 5.56 Å². The molecule has 4 nitrogen and oxygen atoms in total. The molecule has 1 aliphatic heterocycles. The molecule has 2 N–H and O–H groups in total. The van der Waals surface area contributed by atoms with Crippen LogP contribution in [0.5, 0.6) is 0 Å². The number of amides is 1. The van der Waals surface area contributed by atoms with Crippen LogP contribution in [0.1, 0.15) is 16.8 Å². The molecule has 6 heteroatoms. The third kappa shape index (κ3) is 3.32. The summed E-state index contributed by atoms with van der Waals surface area (Å²) in [6.07, 6.45) is 0.808. The molecule has 1 amide bonds. The molecule has 0 unspecified atom stereocenters. The number of nitrogens with two attached hydrogens (primary N) is 1. The van der Waals surface area contributed by atoms with E-state index in [0.717, 1.165) is 25.6 Å². The summed E-state index contributed by atoms with van der Waals surface area (Å²) in [5.74, 6) is -2.51. The molecule has 0 aromatic heterocycles. The lowest BCUT2D eigenvalue weighted by atomic mass is 10.1. The van der Waals surface area contributed by atoms with Gasteiger partial charge in [-0.05, 0) is 25.1 Å². The Labute approximate surface area is 117 Å². The summed E-state index contributed by atoms with van der Waals surface area (Å²) in [5.41, 5.74) is 5.32. The Kier molecular flexibility index (Phi) is 5.03. The number of rotatable bonds is 3. The number of hydrogen-bond donors (Lipinski definition) is 1. The summed E-state index contributed by atoms with van der Waals surface area (Å²) in [4.78, 5) is 16.0. The number of carbonyl (C=O) groups excluding carboxylic acids is 1. The van der Waals surface area contributed by atoms with Gasteiger partial charge in [-0.3, -0.25) is 4.79 Å². The van der Waals surface area contributed by atoms with Gasteiger partial charge >= 0.3 is 0 Å². The molecule has 110 valence electrons. The second kappa shape index (κ2) is 6.76. The lowest BCUT2D eigenvalue weighted by Crippen LogP contribution is -2.37. The van der Waals surface area contributed by atoms with Crippen molar-refractivity contribution in [2.75, 3.05) is 39.3 Å². The fourth-order valence-electron chi connectivity index (χ4n) is 2.42. The standard InChI is InChI=1S/C14H19F2N3O/c15-12-4-1-3-11(13(12)16)14(20)19-7-2-6-18(8-5-17)9-10-19/h1,3-4H,2,5-10,17H2. The molecule has 0 atom stereocenters. The normalized spacial score (nSPS) is 17.1. The number of halogens is 2. The van der Waals surface area contributed by atoms with Crippen molar-refractivity contribution in [3.8, 4) is 0 Å². The maximum atomic E-state index is 13.7. The second-order valence-electron chi connectivity index (χ2n) is 4.88. The third-order valence-corrected chi connectivity index (χ3v) is 3.50. The first-order valence-corrected chi connectivity index (χ1v) is 6.79. The van der Waals surface area contributed by atoms with E-state index in [1.54, 1.807) is 4.90 Å². The quantitative estimate of drug-likeness (QED) is 0.903. The van der Waals surface area contributed by atoms with Gasteiger partial charge in [0.05, 0.1) is 5.56 Å². The minimum Gasteiger partial charge on any atom is -0.337 e. The topological polar surface area (TPSA) is 49.6 Å². The van der Waals surface area contributed by atoms with E-state index in [1.165, 1.54) is 12.1 Å². The van der Waals surface area contributed by atoms with Gasteiger partial charge in [-0.15, -0.1) is 0 Å². The number of benzene rings is 1. The molecule has 0 aliphatic carbocycles. The Morgan fingerprint density at radius 2 is 2.00 bits per heavy atom. The molecule has 0 bridgehead atoms. The summed E-state index contributed by atoms with van der Waals surface area (Å²) in [6, 6.07) is 3.69. The van der Waals surface area contributed by atoms with Crippen LogP contribution in [-0.2, 0) is 0 Å². The zero-order chi connectivity index (χ0) is 14.5. The Bertz CT molecular complexity index is 481. The highest BCUT2D eigenvalue weighted by atomic mass is 19.2. The fourth-order valence-corrected chi connectivity index (χ4v) is 2.42. The molecule has 1 aromatic rings. The smallest absolute Gasteiger partial charge is 0.256 e. The van der Waals surface area contributed by atoms with E-state index in [0.29, 0.717) is 26.2 Å². The van der Waals surface area contributed by atoms with Crippen LogP contribution in [0.3, 0.4) is 0 Å². The van der Waals surface area contributed by atoms with Crippen LogP contribution in [0.4, 0.5) is 8.78 Å². The van der Waals surface area contributed by atoms with Crippen molar-refractivity contribution in [2.24, 2.45) is 5.73 Å². The SMILES string of the molecule is NCCN1CCCN(C(=O)c2cccc(F)c2F)CC1. The highest BCUT2D eigenvalue weighted by molar-refractivity contribution is 5.94. The molecule has 20 heavy (non-hydrogen) atoms. The maximum absolute atomic E-state index is 13.7. The van der Waals surface area contributed by atoms with Gasteiger partial charge < -0.3 is 15.5 Å². The second-order valence-corrected chi connectivity index (χ2v) is 4.88. The number of nitrogens with zero attached hydrogens (tertiary/aromatic N) is 2. The van der Waals surface area contributed by atoms with E-state index in [2.05, 4.69) is 4.90 Å². The van der Waals surface area contributed by atoms with Crippen molar-refractivity contribution in [1.29, 1.82) is 0 Å². The van der Waals surface area contributed by atoms with Gasteiger partial charge in [0.25, 0.3) is 5.91 Å². The van der Waals surface area contributed by atoms with E-state index in [4.69, 9.17) is 5.73 Å². The predicted octanol–water partition coefficient (Wildman–Crippen LogP) is 1.07. The zero-order valence-corrected chi connectivity index (χ0v) is 11.3. The maximum Gasteiger partial charge on any atom is 0.256 e. The molecule has 1 heterocycles. The van der Waals surface area contributed by atoms with E-state index in [9.17, 15) is 13.6 Å². The Morgan fingerprint density at radius 1 is 1.20 bits per heavy atom. The molecule has 1 fully saturated rings. The highest BCUT2D eigenvalue weighted by Gasteiger charge is 2.23. The number of hydrogen-bond acceptors (Lipinski definition) is 3. The van der Waals surface area contributed by atoms with Gasteiger partial charge in [0.2, 0.25) is 0 Å². The van der Waals surface area contributed by atoms with Crippen LogP contribution >= 0.6 is 0 Å². The van der Waals surface area contributed by atoms with Gasteiger partial charge in [-0.25, -0.2) is 8.78 Å². The summed E-state index contributed by atoms with van der Waals surface area (Å²) >= 11 is 0. The van der Waals surface area contributed by atoms with Crippen molar-refractivity contribution >= 4 is 5.91 Å². The highest BCUT2D eigenvalue weighted by Crippen LogP contribution is 2.15. The molecule has 2 rings (SSSR count). The van der Waals surface area contributed by atoms with Crippen LogP contribution in [0.15, 0.2) is 18.2 Å². The molecule has 1 aromatic carbocycles. The van der Waals surface area contributed by atoms with Crippen LogP contribution in [0.2, 0.25) is 0 Å². The minimum atomic E-state index is -1.07. The van der Waals surface area contributed by atoms with Crippen LogP contribution in [-0.4, -0.2) is 55.0 Å². The Hall–Kier alpha value is -1.53. The largest absolute Gasteiger partial charge is 0.337 e. The van der Waals surface area contributed by atoms with E-state index >= 15 is 0 Å². The lowest BCUT2D eigenvalue weighted by Gasteiger charge is -2.22. The third-order valence-electron chi connectivity index (χ3n) is 3.50. The van der Waals surface area contributed by atoms with Crippen molar-refractivity contribution in [3.05, 3.63) is 35.4 Å². The Balaban J connectivity index is 2.07. The molecule has 0 spiro atoms. The predicted molar refractivity (Wildman–Crippen MR) is 72.4 cm³/mol. The van der Waals surface area contributed by atoms with Gasteiger partial charge in [0.1, 0.15) is 0 Å². The van der Waals surface area contributed by atoms with Crippen molar-refractivity contribution in [1.82, 2.24) is 9.80 Å². The molecule has 0 saturated carbocycles. The lowest BCUT2D eigenvalue weighted by molar-refractivity contribution is 0.0756. The fraction of sp³-hybridized carbons (Fsp3) is 0.500. The summed E-state index contributed by atoms with van der Waals surface area (Å²) in [6.45, 7) is 4.00. The summed E-state index contributed by atoms with van der Waals surface area (Å²) < 4.78 is 26.8. The molecule has 1 aliphatic rings.